The molecular weight excluding hydrogens is 701 g/mol. The van der Waals surface area contributed by atoms with E-state index in [0.717, 1.165) is 12.1 Å². The zero-order valence-corrected chi connectivity index (χ0v) is 32.0. The molecular formula is C56H40N2. The summed E-state index contributed by atoms with van der Waals surface area (Å²) in [7, 11) is 0. The summed E-state index contributed by atoms with van der Waals surface area (Å²) >= 11 is 0. The smallest absolute Gasteiger partial charge is 0.0641 e. The number of hydrogen-bond acceptors (Lipinski definition) is 0. The van der Waals surface area contributed by atoms with E-state index < -0.39 is 0 Å². The predicted octanol–water partition coefficient (Wildman–Crippen LogP) is 15.0. The average molecular weight is 741 g/mol. The van der Waals surface area contributed by atoms with Crippen LogP contribution in [0.25, 0.3) is 88.7 Å². The van der Waals surface area contributed by atoms with Crippen molar-refractivity contribution in [3.63, 3.8) is 0 Å². The van der Waals surface area contributed by atoms with E-state index in [1.807, 2.05) is 0 Å². The highest BCUT2D eigenvalue weighted by molar-refractivity contribution is 6.25. The van der Waals surface area contributed by atoms with Gasteiger partial charge in [0.05, 0.1) is 22.2 Å². The van der Waals surface area contributed by atoms with Crippen LogP contribution in [0.5, 0.6) is 0 Å². The van der Waals surface area contributed by atoms with E-state index in [2.05, 4.69) is 234 Å². The zero-order chi connectivity index (χ0) is 38.4. The van der Waals surface area contributed by atoms with Crippen LogP contribution in [-0.2, 0) is 0 Å². The minimum Gasteiger partial charge on any atom is -0.309 e. The van der Waals surface area contributed by atoms with Gasteiger partial charge in [0, 0.05) is 39.0 Å². The molecule has 0 aliphatic heterocycles. The second kappa shape index (κ2) is 14.3. The Morgan fingerprint density at radius 1 is 0.414 bits per heavy atom. The fourth-order valence-corrected chi connectivity index (χ4v) is 9.16. The monoisotopic (exact) mass is 740 g/mol. The van der Waals surface area contributed by atoms with Crippen molar-refractivity contribution in [2.45, 2.75) is 12.3 Å². The molecule has 2 aromatic heterocycles. The molecule has 0 amide bonds. The Labute approximate surface area is 338 Å². The molecule has 0 spiro atoms. The van der Waals surface area contributed by atoms with Gasteiger partial charge in [-0.05, 0) is 87.8 Å². The number of para-hydroxylation sites is 1. The lowest BCUT2D eigenvalue weighted by atomic mass is 9.91. The second-order valence-electron chi connectivity index (χ2n) is 15.2. The third-order valence-electron chi connectivity index (χ3n) is 11.9. The summed E-state index contributed by atoms with van der Waals surface area (Å²) in [5.74, 6) is 0.338. The Bertz CT molecular complexity index is 3150. The topological polar surface area (TPSA) is 9.86 Å². The Morgan fingerprint density at radius 2 is 0.983 bits per heavy atom. The lowest BCUT2D eigenvalue weighted by Gasteiger charge is -2.19. The van der Waals surface area contributed by atoms with E-state index in [-0.39, 0.29) is 0 Å². The number of rotatable bonds is 7. The third kappa shape index (κ3) is 5.73. The van der Waals surface area contributed by atoms with Crippen LogP contribution in [0.4, 0.5) is 0 Å². The Balaban J connectivity index is 1.24. The van der Waals surface area contributed by atoms with Crippen LogP contribution in [0.1, 0.15) is 17.9 Å². The minimum atomic E-state index is 0.338. The molecule has 2 nitrogen and oxygen atoms in total. The summed E-state index contributed by atoms with van der Waals surface area (Å²) in [5.41, 5.74) is 16.9. The van der Waals surface area contributed by atoms with Gasteiger partial charge in [-0.15, -0.1) is 0 Å². The van der Waals surface area contributed by atoms with Crippen molar-refractivity contribution >= 4 is 38.4 Å². The largest absolute Gasteiger partial charge is 0.309 e. The van der Waals surface area contributed by atoms with Gasteiger partial charge in [-0.2, -0.15) is 0 Å². The molecule has 8 aromatic carbocycles. The first-order chi connectivity index (χ1) is 28.8. The molecule has 1 atom stereocenters. The van der Waals surface area contributed by atoms with Crippen LogP contribution in [0, 0.1) is 0 Å². The molecule has 0 N–H and O–H groups in total. The minimum absolute atomic E-state index is 0.338. The molecule has 1 unspecified atom stereocenters. The molecule has 10 aromatic rings. The van der Waals surface area contributed by atoms with Crippen molar-refractivity contribution in [2.24, 2.45) is 0 Å². The summed E-state index contributed by atoms with van der Waals surface area (Å²) in [5, 5.41) is 3.73. The summed E-state index contributed by atoms with van der Waals surface area (Å²) in [6.45, 7) is 0. The molecule has 274 valence electrons. The van der Waals surface area contributed by atoms with Crippen molar-refractivity contribution < 1.29 is 0 Å². The summed E-state index contributed by atoms with van der Waals surface area (Å²) in [6.07, 6.45) is 8.13. The van der Waals surface area contributed by atoms with E-state index >= 15 is 0 Å². The van der Waals surface area contributed by atoms with Gasteiger partial charge in [0.1, 0.15) is 0 Å². The Morgan fingerprint density at radius 3 is 1.66 bits per heavy atom. The highest BCUT2D eigenvalue weighted by atomic mass is 15.0. The number of nitrogens with zero attached hydrogens (tertiary/aromatic N) is 2. The average Bonchev–Trinajstić information content (AvgIpc) is 3.84. The van der Waals surface area contributed by atoms with Crippen molar-refractivity contribution in [3.8, 4) is 50.3 Å². The molecule has 0 fully saturated rings. The van der Waals surface area contributed by atoms with Crippen molar-refractivity contribution in [1.29, 1.82) is 0 Å². The first kappa shape index (κ1) is 33.9. The van der Waals surface area contributed by atoms with Crippen LogP contribution >= 0.6 is 0 Å². The number of aromatic nitrogens is 2. The maximum Gasteiger partial charge on any atom is 0.0641 e. The normalized spacial score (nSPS) is 14.0. The van der Waals surface area contributed by atoms with Crippen LogP contribution in [0.15, 0.2) is 224 Å². The molecule has 0 saturated heterocycles. The summed E-state index contributed by atoms with van der Waals surface area (Å²) in [4.78, 5) is 0. The van der Waals surface area contributed by atoms with Gasteiger partial charge < -0.3 is 9.13 Å². The van der Waals surface area contributed by atoms with E-state index in [1.165, 1.54) is 88.6 Å². The van der Waals surface area contributed by atoms with Gasteiger partial charge in [0.15, 0.2) is 0 Å². The lowest BCUT2D eigenvalue weighted by Crippen LogP contribution is -2.03. The number of hydrogen-bond donors (Lipinski definition) is 0. The Hall–Kier alpha value is -7.42. The van der Waals surface area contributed by atoms with Gasteiger partial charge in [0.25, 0.3) is 0 Å². The van der Waals surface area contributed by atoms with Gasteiger partial charge in [-0.3, -0.25) is 0 Å². The molecule has 11 rings (SSSR count). The number of benzene rings is 8. The number of fused-ring (bicyclic) bond motifs is 5. The maximum atomic E-state index is 2.55. The maximum absolute atomic E-state index is 2.55. The predicted molar refractivity (Wildman–Crippen MR) is 245 cm³/mol. The van der Waals surface area contributed by atoms with Crippen LogP contribution in [0.2, 0.25) is 0 Å². The SMILES string of the molecule is C1=CC(c2ccccc2)CC=C1n1c2ccc(-c3cccc(-c4ccccc4)c3)cc2c2ccc3c(c(-c4ccccc4)c(-c4ccccc4)n3-c3ccccc3)c21. The van der Waals surface area contributed by atoms with Gasteiger partial charge >= 0.3 is 0 Å². The summed E-state index contributed by atoms with van der Waals surface area (Å²) < 4.78 is 5.02. The molecule has 1 aliphatic rings. The van der Waals surface area contributed by atoms with E-state index in [9.17, 15) is 0 Å². The molecule has 58 heavy (non-hydrogen) atoms. The first-order valence-electron chi connectivity index (χ1n) is 20.2. The molecule has 2 heterocycles. The van der Waals surface area contributed by atoms with Crippen LogP contribution < -0.4 is 0 Å². The van der Waals surface area contributed by atoms with Crippen molar-refractivity contribution in [1.82, 2.24) is 9.13 Å². The molecule has 0 radical (unpaired) electrons. The van der Waals surface area contributed by atoms with Crippen LogP contribution in [0.3, 0.4) is 0 Å². The molecule has 0 bridgehead atoms. The standard InChI is InChI=1S/C56H40N2/c1-6-17-39(18-7-1)41-29-32-48(33-30-41)57-51-35-31-46(45-26-16-25-44(37-45)40-19-8-2-9-20-40)38-50(51)49-34-36-52-54(56(49)57)53(42-21-10-3-11-22-42)55(43-23-12-4-13-24-43)58(52)47-27-14-5-15-28-47/h1-29,31-38,41H,30H2. The molecule has 2 heteroatoms. The highest BCUT2D eigenvalue weighted by Gasteiger charge is 2.27. The lowest BCUT2D eigenvalue weighted by molar-refractivity contribution is 0.850. The van der Waals surface area contributed by atoms with Gasteiger partial charge in [0.2, 0.25) is 0 Å². The van der Waals surface area contributed by atoms with E-state index in [4.69, 9.17) is 0 Å². The highest BCUT2D eigenvalue weighted by Crippen LogP contribution is 2.48. The second-order valence-corrected chi connectivity index (χ2v) is 15.2. The first-order valence-corrected chi connectivity index (χ1v) is 20.2. The number of allylic oxidation sites excluding steroid dienone is 4. The van der Waals surface area contributed by atoms with Crippen molar-refractivity contribution in [3.05, 3.63) is 230 Å². The fourth-order valence-electron chi connectivity index (χ4n) is 9.16. The third-order valence-corrected chi connectivity index (χ3v) is 11.9. The van der Waals surface area contributed by atoms with E-state index in [1.54, 1.807) is 0 Å². The van der Waals surface area contributed by atoms with Gasteiger partial charge in [-0.1, -0.05) is 182 Å². The zero-order valence-electron chi connectivity index (χ0n) is 32.0. The summed E-state index contributed by atoms with van der Waals surface area (Å²) in [6, 6.07) is 75.0. The Kier molecular flexibility index (Phi) is 8.33. The van der Waals surface area contributed by atoms with Crippen molar-refractivity contribution in [2.75, 3.05) is 0 Å². The quantitative estimate of drug-likeness (QED) is 0.154. The molecule has 1 aliphatic carbocycles. The van der Waals surface area contributed by atoms with Crippen LogP contribution in [-0.4, -0.2) is 9.13 Å². The fraction of sp³-hybridized carbons (Fsp3) is 0.0357. The van der Waals surface area contributed by atoms with E-state index in [0.29, 0.717) is 5.92 Å². The molecule has 0 saturated carbocycles. The van der Waals surface area contributed by atoms with Gasteiger partial charge in [-0.25, -0.2) is 0 Å².